The zero-order valence-electron chi connectivity index (χ0n) is 7.67. The molecule has 2 rings (SSSR count). The summed E-state index contributed by atoms with van der Waals surface area (Å²) >= 11 is 2.22. The van der Waals surface area contributed by atoms with Gasteiger partial charge < -0.3 is 0 Å². The summed E-state index contributed by atoms with van der Waals surface area (Å²) in [5.41, 5.74) is 3.19. The lowest BCUT2D eigenvalue weighted by molar-refractivity contribution is 0.847. The molecule has 0 aliphatic rings. The van der Waals surface area contributed by atoms with Gasteiger partial charge in [-0.3, -0.25) is 0 Å². The van der Waals surface area contributed by atoms with Crippen LogP contribution < -0.4 is 0 Å². The Morgan fingerprint density at radius 1 is 1.08 bits per heavy atom. The third-order valence-electron chi connectivity index (χ3n) is 2.19. The van der Waals surface area contributed by atoms with E-state index in [0.29, 0.717) is 0 Å². The Morgan fingerprint density at radius 3 is 2.46 bits per heavy atom. The molecule has 0 fully saturated rings. The maximum Gasteiger partial charge on any atom is 0.181 e. The number of aryl methyl sites for hydroxylation is 2. The summed E-state index contributed by atoms with van der Waals surface area (Å²) in [6, 6.07) is 0. The van der Waals surface area contributed by atoms with Gasteiger partial charge in [0.1, 0.15) is 3.70 Å². The van der Waals surface area contributed by atoms with E-state index in [-0.39, 0.29) is 0 Å². The predicted octanol–water partition coefficient (Wildman–Crippen LogP) is 1.65. The van der Waals surface area contributed by atoms with Crippen molar-refractivity contribution in [3.63, 3.8) is 0 Å². The second kappa shape index (κ2) is 2.90. The van der Waals surface area contributed by atoms with E-state index in [4.69, 9.17) is 0 Å². The molecule has 0 atom stereocenters. The van der Waals surface area contributed by atoms with Crippen LogP contribution >= 0.6 is 22.6 Å². The fraction of sp³-hybridized carbons (Fsp3) is 0.375. The molecule has 0 unspecified atom stereocenters. The molecule has 0 aliphatic carbocycles. The molecule has 0 N–H and O–H groups in total. The summed E-state index contributed by atoms with van der Waals surface area (Å²) in [6.45, 7) is 5.99. The second-order valence-electron chi connectivity index (χ2n) is 3.02. The quantitative estimate of drug-likeness (QED) is 0.692. The summed E-state index contributed by atoms with van der Waals surface area (Å²) in [7, 11) is 0. The van der Waals surface area contributed by atoms with Gasteiger partial charge in [-0.25, -0.2) is 0 Å². The minimum Gasteiger partial charge on any atom is -0.196 e. The smallest absolute Gasteiger partial charge is 0.181 e. The Kier molecular flexibility index (Phi) is 1.98. The molecule has 0 aromatic carbocycles. The Balaban J connectivity index is 2.96. The number of fused-ring (bicyclic) bond motifs is 1. The van der Waals surface area contributed by atoms with Crippen LogP contribution in [0.3, 0.4) is 0 Å². The van der Waals surface area contributed by atoms with Gasteiger partial charge in [0.2, 0.25) is 0 Å². The number of halogens is 1. The molecule has 0 amide bonds. The van der Waals surface area contributed by atoms with Crippen LogP contribution in [0, 0.1) is 24.5 Å². The SMILES string of the molecule is Cc1c(I)nn2c(C)nnc2c1C. The van der Waals surface area contributed by atoms with E-state index in [0.717, 1.165) is 20.7 Å². The first-order valence-corrected chi connectivity index (χ1v) is 5.04. The van der Waals surface area contributed by atoms with Crippen molar-refractivity contribution in [1.29, 1.82) is 0 Å². The summed E-state index contributed by atoms with van der Waals surface area (Å²) in [5.74, 6) is 0.830. The first-order valence-electron chi connectivity index (χ1n) is 3.96. The number of hydrogen-bond donors (Lipinski definition) is 0. The van der Waals surface area contributed by atoms with Crippen molar-refractivity contribution in [2.45, 2.75) is 20.8 Å². The lowest BCUT2D eigenvalue weighted by Crippen LogP contribution is -2.02. The summed E-state index contributed by atoms with van der Waals surface area (Å²) in [4.78, 5) is 0. The maximum atomic E-state index is 4.37. The van der Waals surface area contributed by atoms with E-state index in [1.807, 2.05) is 20.8 Å². The predicted molar refractivity (Wildman–Crippen MR) is 57.7 cm³/mol. The van der Waals surface area contributed by atoms with Crippen molar-refractivity contribution in [3.8, 4) is 0 Å². The molecule has 0 aliphatic heterocycles. The van der Waals surface area contributed by atoms with Crippen LogP contribution in [0.4, 0.5) is 0 Å². The van der Waals surface area contributed by atoms with Crippen LogP contribution in [-0.4, -0.2) is 19.8 Å². The third kappa shape index (κ3) is 1.21. The summed E-state index contributed by atoms with van der Waals surface area (Å²) in [6.07, 6.45) is 0. The van der Waals surface area contributed by atoms with E-state index in [9.17, 15) is 0 Å². The van der Waals surface area contributed by atoms with E-state index in [1.54, 1.807) is 4.52 Å². The molecule has 0 bridgehead atoms. The van der Waals surface area contributed by atoms with Crippen molar-refractivity contribution in [2.75, 3.05) is 0 Å². The van der Waals surface area contributed by atoms with Gasteiger partial charge in [-0.2, -0.15) is 9.61 Å². The van der Waals surface area contributed by atoms with Gasteiger partial charge in [0.05, 0.1) is 0 Å². The summed E-state index contributed by atoms with van der Waals surface area (Å²) in [5, 5.41) is 12.4. The first kappa shape index (κ1) is 8.86. The fourth-order valence-electron chi connectivity index (χ4n) is 1.20. The molecule has 2 aromatic rings. The van der Waals surface area contributed by atoms with Crippen molar-refractivity contribution in [2.24, 2.45) is 0 Å². The van der Waals surface area contributed by atoms with Crippen LogP contribution in [0.5, 0.6) is 0 Å². The highest BCUT2D eigenvalue weighted by Gasteiger charge is 2.09. The van der Waals surface area contributed by atoms with Gasteiger partial charge in [-0.1, -0.05) is 0 Å². The molecule has 68 valence electrons. The highest BCUT2D eigenvalue weighted by Crippen LogP contribution is 2.16. The number of nitrogens with zero attached hydrogens (tertiary/aromatic N) is 4. The van der Waals surface area contributed by atoms with E-state index < -0.39 is 0 Å². The Hall–Kier alpha value is -0.720. The van der Waals surface area contributed by atoms with Gasteiger partial charge in [-0.15, -0.1) is 10.2 Å². The zero-order valence-corrected chi connectivity index (χ0v) is 9.82. The van der Waals surface area contributed by atoms with E-state index in [1.165, 1.54) is 5.56 Å². The highest BCUT2D eigenvalue weighted by atomic mass is 127. The third-order valence-corrected chi connectivity index (χ3v) is 3.22. The number of aromatic nitrogens is 4. The fourth-order valence-corrected chi connectivity index (χ4v) is 1.82. The Morgan fingerprint density at radius 2 is 1.77 bits per heavy atom. The topological polar surface area (TPSA) is 43.1 Å². The molecule has 0 radical (unpaired) electrons. The van der Waals surface area contributed by atoms with Crippen LogP contribution in [0.15, 0.2) is 0 Å². The molecule has 0 spiro atoms. The first-order chi connectivity index (χ1) is 6.11. The average Bonchev–Trinajstić information content (AvgIpc) is 2.45. The zero-order chi connectivity index (χ0) is 9.59. The van der Waals surface area contributed by atoms with Crippen LogP contribution in [-0.2, 0) is 0 Å². The largest absolute Gasteiger partial charge is 0.196 e. The molecule has 2 heterocycles. The minimum atomic E-state index is 0.830. The molecule has 0 saturated carbocycles. The van der Waals surface area contributed by atoms with Crippen molar-refractivity contribution in [1.82, 2.24) is 19.8 Å². The highest BCUT2D eigenvalue weighted by molar-refractivity contribution is 14.1. The Labute approximate surface area is 89.5 Å². The van der Waals surface area contributed by atoms with Gasteiger partial charge in [0.15, 0.2) is 11.5 Å². The molecule has 2 aromatic heterocycles. The van der Waals surface area contributed by atoms with Gasteiger partial charge in [-0.05, 0) is 48.9 Å². The van der Waals surface area contributed by atoms with Gasteiger partial charge in [0, 0.05) is 5.56 Å². The monoisotopic (exact) mass is 288 g/mol. The lowest BCUT2D eigenvalue weighted by atomic mass is 10.2. The Bertz CT molecular complexity index is 474. The normalized spacial score (nSPS) is 11.1. The standard InChI is InChI=1S/C8H9IN4/c1-4-5(2)8-11-10-6(3)13(8)12-7(4)9/h1-3H3. The van der Waals surface area contributed by atoms with Crippen molar-refractivity contribution in [3.05, 3.63) is 20.7 Å². The molecule has 5 heteroatoms. The van der Waals surface area contributed by atoms with Crippen LogP contribution in [0.25, 0.3) is 5.65 Å². The molecule has 0 saturated heterocycles. The van der Waals surface area contributed by atoms with Crippen molar-refractivity contribution >= 4 is 28.2 Å². The van der Waals surface area contributed by atoms with Crippen LogP contribution in [0.2, 0.25) is 0 Å². The van der Waals surface area contributed by atoms with Crippen LogP contribution in [0.1, 0.15) is 17.0 Å². The average molecular weight is 288 g/mol. The van der Waals surface area contributed by atoms with Gasteiger partial charge >= 0.3 is 0 Å². The van der Waals surface area contributed by atoms with E-state index >= 15 is 0 Å². The number of hydrogen-bond acceptors (Lipinski definition) is 3. The van der Waals surface area contributed by atoms with E-state index in [2.05, 4.69) is 37.9 Å². The minimum absolute atomic E-state index is 0.830. The maximum absolute atomic E-state index is 4.37. The van der Waals surface area contributed by atoms with Gasteiger partial charge in [0.25, 0.3) is 0 Å². The lowest BCUT2D eigenvalue weighted by Gasteiger charge is -2.03. The molecular formula is C8H9IN4. The summed E-state index contributed by atoms with van der Waals surface area (Å²) < 4.78 is 2.79. The van der Waals surface area contributed by atoms with Crippen molar-refractivity contribution < 1.29 is 0 Å². The molecular weight excluding hydrogens is 279 g/mol. The molecule has 4 nitrogen and oxygen atoms in total. The molecule has 13 heavy (non-hydrogen) atoms. The number of rotatable bonds is 0. The second-order valence-corrected chi connectivity index (χ2v) is 4.05.